The molecule has 0 aromatic heterocycles. The summed E-state index contributed by atoms with van der Waals surface area (Å²) in [5, 5.41) is 2.80. The third-order valence-electron chi connectivity index (χ3n) is 3.18. The molecule has 1 aromatic carbocycles. The molecular formula is C16H21NO3. The standard InChI is InChI=1S/C16H21NO3/c1-16(2,3)20-15(19)17-14-9-4-6-11-10-12(18)7-5-8-13(11)14/h4,6,9H,5,7-8,10H2,1-3H3,(H,17,19). The van der Waals surface area contributed by atoms with E-state index in [9.17, 15) is 9.59 Å². The summed E-state index contributed by atoms with van der Waals surface area (Å²) in [7, 11) is 0. The van der Waals surface area contributed by atoms with Crippen molar-refractivity contribution in [3.8, 4) is 0 Å². The topological polar surface area (TPSA) is 55.4 Å². The Hall–Kier alpha value is -1.84. The number of hydrogen-bond acceptors (Lipinski definition) is 3. The second kappa shape index (κ2) is 5.65. The average molecular weight is 275 g/mol. The third-order valence-corrected chi connectivity index (χ3v) is 3.18. The summed E-state index contributed by atoms with van der Waals surface area (Å²) in [6.45, 7) is 5.49. The van der Waals surface area contributed by atoms with E-state index in [1.165, 1.54) is 0 Å². The van der Waals surface area contributed by atoms with Gasteiger partial charge in [-0.15, -0.1) is 0 Å². The number of Topliss-reactive ketones (excluding diaryl/α,β-unsaturated/α-hetero) is 1. The fourth-order valence-electron chi connectivity index (χ4n) is 2.39. The molecule has 0 atom stereocenters. The number of benzene rings is 1. The number of amides is 1. The van der Waals surface area contributed by atoms with E-state index >= 15 is 0 Å². The Morgan fingerprint density at radius 1 is 1.25 bits per heavy atom. The minimum Gasteiger partial charge on any atom is -0.444 e. The van der Waals surface area contributed by atoms with E-state index in [-0.39, 0.29) is 5.78 Å². The molecule has 4 nitrogen and oxygen atoms in total. The zero-order chi connectivity index (χ0) is 14.8. The number of ketones is 1. The molecule has 108 valence electrons. The van der Waals surface area contributed by atoms with Gasteiger partial charge in [-0.25, -0.2) is 4.79 Å². The molecule has 0 unspecified atom stereocenters. The van der Waals surface area contributed by atoms with Crippen molar-refractivity contribution in [2.75, 3.05) is 5.32 Å². The average Bonchev–Trinajstić information content (AvgIpc) is 2.48. The first-order valence-corrected chi connectivity index (χ1v) is 6.97. The minimum atomic E-state index is -0.522. The van der Waals surface area contributed by atoms with Crippen molar-refractivity contribution in [3.63, 3.8) is 0 Å². The highest BCUT2D eigenvalue weighted by Crippen LogP contribution is 2.26. The molecular weight excluding hydrogens is 254 g/mol. The smallest absolute Gasteiger partial charge is 0.412 e. The van der Waals surface area contributed by atoms with Crippen molar-refractivity contribution in [1.29, 1.82) is 0 Å². The highest BCUT2D eigenvalue weighted by Gasteiger charge is 2.20. The maximum atomic E-state index is 11.9. The molecule has 0 heterocycles. The Balaban J connectivity index is 2.19. The van der Waals surface area contributed by atoms with Gasteiger partial charge in [-0.2, -0.15) is 0 Å². The van der Waals surface area contributed by atoms with E-state index in [2.05, 4.69) is 5.32 Å². The van der Waals surface area contributed by atoms with Gasteiger partial charge in [0.25, 0.3) is 0 Å². The molecule has 2 rings (SSSR count). The summed E-state index contributed by atoms with van der Waals surface area (Å²) in [4.78, 5) is 23.5. The molecule has 0 bridgehead atoms. The van der Waals surface area contributed by atoms with Gasteiger partial charge in [0.2, 0.25) is 0 Å². The lowest BCUT2D eigenvalue weighted by atomic mass is 10.0. The van der Waals surface area contributed by atoms with Crippen LogP contribution >= 0.6 is 0 Å². The largest absolute Gasteiger partial charge is 0.444 e. The van der Waals surface area contributed by atoms with E-state index in [0.29, 0.717) is 12.8 Å². The van der Waals surface area contributed by atoms with Crippen LogP contribution in [-0.4, -0.2) is 17.5 Å². The second-order valence-corrected chi connectivity index (χ2v) is 6.14. The summed E-state index contributed by atoms with van der Waals surface area (Å²) >= 11 is 0. The lowest BCUT2D eigenvalue weighted by molar-refractivity contribution is -0.118. The lowest BCUT2D eigenvalue weighted by Gasteiger charge is -2.21. The summed E-state index contributed by atoms with van der Waals surface area (Å²) in [6.07, 6.45) is 2.26. The molecule has 1 amide bonds. The molecule has 0 aliphatic heterocycles. The number of carbonyl (C=O) groups excluding carboxylic acids is 2. The number of ether oxygens (including phenoxy) is 1. The monoisotopic (exact) mass is 275 g/mol. The van der Waals surface area contributed by atoms with Gasteiger partial charge < -0.3 is 4.74 Å². The van der Waals surface area contributed by atoms with Crippen molar-refractivity contribution in [2.24, 2.45) is 0 Å². The van der Waals surface area contributed by atoms with Gasteiger partial charge in [-0.05, 0) is 50.8 Å². The fourth-order valence-corrected chi connectivity index (χ4v) is 2.39. The molecule has 1 aliphatic rings. The molecule has 4 heteroatoms. The first-order chi connectivity index (χ1) is 9.35. The SMILES string of the molecule is CC(C)(C)OC(=O)Nc1cccc2c1CCCC(=O)C2. The number of fused-ring (bicyclic) bond motifs is 1. The Morgan fingerprint density at radius 3 is 2.70 bits per heavy atom. The number of hydrogen-bond donors (Lipinski definition) is 1. The first-order valence-electron chi connectivity index (χ1n) is 6.97. The van der Waals surface area contributed by atoms with Crippen LogP contribution in [0.1, 0.15) is 44.7 Å². The minimum absolute atomic E-state index is 0.262. The number of anilines is 1. The molecule has 1 N–H and O–H groups in total. The highest BCUT2D eigenvalue weighted by atomic mass is 16.6. The van der Waals surface area contributed by atoms with Gasteiger partial charge in [0.05, 0.1) is 0 Å². The van der Waals surface area contributed by atoms with Crippen LogP contribution in [0.15, 0.2) is 18.2 Å². The van der Waals surface area contributed by atoms with Gasteiger partial charge in [0.15, 0.2) is 0 Å². The predicted octanol–water partition coefficient (Wildman–Crippen LogP) is 3.48. The van der Waals surface area contributed by atoms with E-state index in [0.717, 1.165) is 29.7 Å². The molecule has 20 heavy (non-hydrogen) atoms. The van der Waals surface area contributed by atoms with Crippen LogP contribution in [0, 0.1) is 0 Å². The molecule has 0 spiro atoms. The molecule has 1 aromatic rings. The van der Waals surface area contributed by atoms with Crippen LogP contribution in [0.5, 0.6) is 0 Å². The van der Waals surface area contributed by atoms with Gasteiger partial charge in [0.1, 0.15) is 11.4 Å². The van der Waals surface area contributed by atoms with Gasteiger partial charge in [-0.1, -0.05) is 12.1 Å². The van der Waals surface area contributed by atoms with Crippen LogP contribution in [0.2, 0.25) is 0 Å². The molecule has 0 radical (unpaired) electrons. The summed E-state index contributed by atoms with van der Waals surface area (Å²) in [5.41, 5.74) is 2.31. The normalized spacial score (nSPS) is 15.2. The maximum Gasteiger partial charge on any atom is 0.412 e. The number of nitrogens with one attached hydrogen (secondary N) is 1. The zero-order valence-corrected chi connectivity index (χ0v) is 12.3. The lowest BCUT2D eigenvalue weighted by Crippen LogP contribution is -2.27. The van der Waals surface area contributed by atoms with Crippen molar-refractivity contribution in [2.45, 2.75) is 52.1 Å². The predicted molar refractivity (Wildman–Crippen MR) is 77.9 cm³/mol. The van der Waals surface area contributed by atoms with Crippen molar-refractivity contribution < 1.29 is 14.3 Å². The van der Waals surface area contributed by atoms with Crippen molar-refractivity contribution >= 4 is 17.6 Å². The molecule has 1 aliphatic carbocycles. The Bertz CT molecular complexity index is 529. The van der Waals surface area contributed by atoms with Crippen LogP contribution < -0.4 is 5.32 Å². The van der Waals surface area contributed by atoms with Gasteiger partial charge >= 0.3 is 6.09 Å². The van der Waals surface area contributed by atoms with Gasteiger partial charge in [0, 0.05) is 18.5 Å². The zero-order valence-electron chi connectivity index (χ0n) is 12.3. The van der Waals surface area contributed by atoms with Crippen LogP contribution in [0.4, 0.5) is 10.5 Å². The third kappa shape index (κ3) is 3.83. The molecule has 0 saturated heterocycles. The Labute approximate surface area is 119 Å². The number of rotatable bonds is 1. The molecule has 0 fully saturated rings. The maximum absolute atomic E-state index is 11.9. The number of carbonyl (C=O) groups is 2. The molecule has 0 saturated carbocycles. The highest BCUT2D eigenvalue weighted by molar-refractivity contribution is 5.88. The fraction of sp³-hybridized carbons (Fsp3) is 0.500. The van der Waals surface area contributed by atoms with E-state index in [1.54, 1.807) is 0 Å². The van der Waals surface area contributed by atoms with Gasteiger partial charge in [-0.3, -0.25) is 10.1 Å². The summed E-state index contributed by atoms with van der Waals surface area (Å²) in [5.74, 6) is 0.262. The van der Waals surface area contributed by atoms with Crippen LogP contribution in [-0.2, 0) is 22.4 Å². The van der Waals surface area contributed by atoms with E-state index in [1.807, 2.05) is 39.0 Å². The van der Waals surface area contributed by atoms with Crippen molar-refractivity contribution in [3.05, 3.63) is 29.3 Å². The Morgan fingerprint density at radius 2 is 2.00 bits per heavy atom. The quantitative estimate of drug-likeness (QED) is 0.798. The van der Waals surface area contributed by atoms with Crippen LogP contribution in [0.25, 0.3) is 0 Å². The van der Waals surface area contributed by atoms with Crippen LogP contribution in [0.3, 0.4) is 0 Å². The Kier molecular flexibility index (Phi) is 4.12. The second-order valence-electron chi connectivity index (χ2n) is 6.14. The summed E-state index contributed by atoms with van der Waals surface area (Å²) in [6, 6.07) is 5.68. The van der Waals surface area contributed by atoms with E-state index < -0.39 is 11.7 Å². The van der Waals surface area contributed by atoms with E-state index in [4.69, 9.17) is 4.74 Å². The van der Waals surface area contributed by atoms with Crippen molar-refractivity contribution in [1.82, 2.24) is 0 Å². The first kappa shape index (κ1) is 14.6. The summed E-state index contributed by atoms with van der Waals surface area (Å²) < 4.78 is 5.27.